The Labute approximate surface area is 160 Å². The van der Waals surface area contributed by atoms with Crippen LogP contribution in [0.2, 0.25) is 0 Å². The summed E-state index contributed by atoms with van der Waals surface area (Å²) in [6.45, 7) is 0.206. The molecule has 0 fully saturated rings. The summed E-state index contributed by atoms with van der Waals surface area (Å²) >= 11 is 4.66. The van der Waals surface area contributed by atoms with Gasteiger partial charge in [-0.2, -0.15) is 0 Å². The van der Waals surface area contributed by atoms with E-state index in [1.54, 1.807) is 12.4 Å². The molecule has 0 saturated heterocycles. The summed E-state index contributed by atoms with van der Waals surface area (Å²) in [5, 5.41) is 4.67. The summed E-state index contributed by atoms with van der Waals surface area (Å²) in [6.07, 6.45) is 5.16. The third kappa shape index (κ3) is 3.90. The van der Waals surface area contributed by atoms with Crippen molar-refractivity contribution in [3.8, 4) is 11.3 Å². The van der Waals surface area contributed by atoms with E-state index in [1.165, 1.54) is 11.8 Å². The van der Waals surface area contributed by atoms with Crippen LogP contribution in [0.5, 0.6) is 0 Å². The summed E-state index contributed by atoms with van der Waals surface area (Å²) in [7, 11) is 0. The molecule has 0 aliphatic heterocycles. The van der Waals surface area contributed by atoms with Crippen LogP contribution in [0, 0.1) is 3.57 Å². The number of esters is 1. The molecule has 0 bridgehead atoms. The fourth-order valence-corrected chi connectivity index (χ4v) is 3.32. The number of rotatable bonds is 5. The molecule has 24 heavy (non-hydrogen) atoms. The number of thioether (sulfide) groups is 1. The monoisotopic (exact) mass is 470 g/mol. The molecule has 0 unspecified atom stereocenters. The second kappa shape index (κ2) is 7.99. The minimum absolute atomic E-state index is 0.206. The highest BCUT2D eigenvalue weighted by Crippen LogP contribution is 2.25. The van der Waals surface area contributed by atoms with E-state index in [-0.39, 0.29) is 6.61 Å². The van der Waals surface area contributed by atoms with Gasteiger partial charge in [0.2, 0.25) is 0 Å². The molecule has 0 radical (unpaired) electrons. The third-order valence-corrected chi connectivity index (χ3v) is 5.41. The first kappa shape index (κ1) is 17.2. The van der Waals surface area contributed by atoms with Crippen molar-refractivity contribution in [2.45, 2.75) is 11.8 Å². The van der Waals surface area contributed by atoms with Crippen molar-refractivity contribution in [2.24, 2.45) is 0 Å². The van der Waals surface area contributed by atoms with Gasteiger partial charge in [-0.05, 0) is 46.4 Å². The Balaban J connectivity index is 1.76. The van der Waals surface area contributed by atoms with Crippen molar-refractivity contribution >= 4 is 51.9 Å². The molecule has 3 rings (SSSR count). The van der Waals surface area contributed by atoms with Crippen LogP contribution in [0.1, 0.15) is 15.2 Å². The number of hydrogen-bond acceptors (Lipinski definition) is 8. The summed E-state index contributed by atoms with van der Waals surface area (Å²) in [5.41, 5.74) is 2.04. The molecule has 0 spiro atoms. The van der Waals surface area contributed by atoms with Crippen molar-refractivity contribution in [3.63, 3.8) is 0 Å². The molecule has 122 valence electrons. The van der Waals surface area contributed by atoms with Gasteiger partial charge in [-0.1, -0.05) is 34.4 Å². The average Bonchev–Trinajstić information content (AvgIpc) is 3.10. The first-order valence-electron chi connectivity index (χ1n) is 6.78. The van der Waals surface area contributed by atoms with Crippen molar-refractivity contribution < 1.29 is 9.53 Å². The highest BCUT2D eigenvalue weighted by molar-refractivity contribution is 14.1. The molecule has 2 heterocycles. The van der Waals surface area contributed by atoms with Crippen LogP contribution < -0.4 is 0 Å². The number of carbonyl (C=O) groups excluding carboxylic acids is 1. The molecule has 2 aromatic heterocycles. The van der Waals surface area contributed by atoms with Crippen LogP contribution in [0.3, 0.4) is 0 Å². The Morgan fingerprint density at radius 3 is 2.75 bits per heavy atom. The van der Waals surface area contributed by atoms with Gasteiger partial charge in [-0.15, -0.1) is 5.10 Å². The van der Waals surface area contributed by atoms with Gasteiger partial charge in [0.15, 0.2) is 10.0 Å². The first-order chi connectivity index (χ1) is 11.7. The van der Waals surface area contributed by atoms with E-state index in [9.17, 15) is 4.79 Å². The van der Waals surface area contributed by atoms with Gasteiger partial charge in [0.25, 0.3) is 0 Å². The molecule has 0 N–H and O–H groups in total. The first-order valence-corrected chi connectivity index (χ1v) is 9.86. The molecule has 0 aliphatic rings. The highest BCUT2D eigenvalue weighted by atomic mass is 127. The molecule has 0 atom stereocenters. The fourth-order valence-electron chi connectivity index (χ4n) is 1.88. The maximum absolute atomic E-state index is 12.4. The maximum Gasteiger partial charge on any atom is 0.352 e. The lowest BCUT2D eigenvalue weighted by Crippen LogP contribution is -2.06. The predicted molar refractivity (Wildman–Crippen MR) is 101 cm³/mol. The number of aromatic nitrogens is 4. The van der Waals surface area contributed by atoms with Crippen molar-refractivity contribution in [3.05, 3.63) is 50.7 Å². The van der Waals surface area contributed by atoms with E-state index in [1.807, 2.05) is 30.5 Å². The molecule has 0 aliphatic carbocycles. The number of nitrogens with zero attached hydrogens (tertiary/aromatic N) is 4. The van der Waals surface area contributed by atoms with E-state index in [0.29, 0.717) is 21.3 Å². The van der Waals surface area contributed by atoms with Gasteiger partial charge in [0.05, 0.1) is 0 Å². The molecule has 9 heteroatoms. The zero-order valence-corrected chi connectivity index (χ0v) is 16.3. The smallest absolute Gasteiger partial charge is 0.352 e. The quantitative estimate of drug-likeness (QED) is 0.244. The van der Waals surface area contributed by atoms with Crippen LogP contribution in [-0.4, -0.2) is 31.8 Å². The Kier molecular flexibility index (Phi) is 5.74. The van der Waals surface area contributed by atoms with E-state index < -0.39 is 5.97 Å². The summed E-state index contributed by atoms with van der Waals surface area (Å²) in [4.78, 5) is 21.1. The Hall–Kier alpha value is -1.59. The normalized spacial score (nSPS) is 10.6. The Bertz CT molecular complexity index is 855. The van der Waals surface area contributed by atoms with Crippen LogP contribution in [-0.2, 0) is 11.3 Å². The van der Waals surface area contributed by atoms with Gasteiger partial charge in [0, 0.05) is 27.1 Å². The van der Waals surface area contributed by atoms with E-state index in [4.69, 9.17) is 4.74 Å². The second-order valence-electron chi connectivity index (χ2n) is 4.58. The number of hydrogen-bond donors (Lipinski definition) is 0. The minimum atomic E-state index is -0.450. The molecule has 1 aromatic carbocycles. The van der Waals surface area contributed by atoms with E-state index >= 15 is 0 Å². The SMILES string of the molecule is CSc1ncc(-c2nnsc2C(=O)OCc2ccccc2I)cn1. The number of benzene rings is 1. The summed E-state index contributed by atoms with van der Waals surface area (Å²) in [5.74, 6) is -0.450. The van der Waals surface area contributed by atoms with Gasteiger partial charge in [-0.25, -0.2) is 14.8 Å². The number of ether oxygens (including phenoxy) is 1. The maximum atomic E-state index is 12.4. The number of carbonyl (C=O) groups is 1. The zero-order chi connectivity index (χ0) is 16.9. The lowest BCUT2D eigenvalue weighted by Gasteiger charge is -2.06. The standard InChI is InChI=1S/C15H11IN4O2S2/c1-23-15-17-6-10(7-18-15)12-13(24-20-19-12)14(21)22-8-9-4-2-3-5-11(9)16/h2-7H,8H2,1H3. The van der Waals surface area contributed by atoms with E-state index in [0.717, 1.165) is 20.7 Å². The Morgan fingerprint density at radius 1 is 1.29 bits per heavy atom. The molecular weight excluding hydrogens is 459 g/mol. The average molecular weight is 470 g/mol. The molecule has 0 saturated carbocycles. The number of halogens is 1. The van der Waals surface area contributed by atoms with Crippen molar-refractivity contribution in [1.29, 1.82) is 0 Å². The van der Waals surface area contributed by atoms with Gasteiger partial charge in [-0.3, -0.25) is 0 Å². The summed E-state index contributed by atoms with van der Waals surface area (Å²) in [6, 6.07) is 7.75. The lowest BCUT2D eigenvalue weighted by atomic mass is 10.2. The van der Waals surface area contributed by atoms with Gasteiger partial charge in [0.1, 0.15) is 12.3 Å². The third-order valence-electron chi connectivity index (χ3n) is 3.07. The Morgan fingerprint density at radius 2 is 2.04 bits per heavy atom. The molecular formula is C15H11IN4O2S2. The van der Waals surface area contributed by atoms with Gasteiger partial charge < -0.3 is 4.74 Å². The van der Waals surface area contributed by atoms with Crippen molar-refractivity contribution in [2.75, 3.05) is 6.26 Å². The van der Waals surface area contributed by atoms with Crippen LogP contribution in [0.25, 0.3) is 11.3 Å². The molecule has 3 aromatic rings. The highest BCUT2D eigenvalue weighted by Gasteiger charge is 2.20. The fraction of sp³-hybridized carbons (Fsp3) is 0.133. The molecule has 6 nitrogen and oxygen atoms in total. The van der Waals surface area contributed by atoms with Gasteiger partial charge >= 0.3 is 5.97 Å². The van der Waals surface area contributed by atoms with Crippen LogP contribution in [0.4, 0.5) is 0 Å². The lowest BCUT2D eigenvalue weighted by molar-refractivity contribution is 0.0478. The topological polar surface area (TPSA) is 77.9 Å². The van der Waals surface area contributed by atoms with E-state index in [2.05, 4.69) is 42.1 Å². The molecule has 0 amide bonds. The largest absolute Gasteiger partial charge is 0.456 e. The van der Waals surface area contributed by atoms with Crippen LogP contribution >= 0.6 is 45.9 Å². The van der Waals surface area contributed by atoms with Crippen molar-refractivity contribution in [1.82, 2.24) is 19.6 Å². The predicted octanol–water partition coefficient (Wildman–Crippen LogP) is 3.68. The summed E-state index contributed by atoms with van der Waals surface area (Å²) < 4.78 is 10.3. The minimum Gasteiger partial charge on any atom is -0.456 e. The van der Waals surface area contributed by atoms with Crippen LogP contribution in [0.15, 0.2) is 41.8 Å². The zero-order valence-electron chi connectivity index (χ0n) is 12.5. The second-order valence-corrected chi connectivity index (χ2v) is 7.27.